The Morgan fingerprint density at radius 3 is 2.72 bits per heavy atom. The summed E-state index contributed by atoms with van der Waals surface area (Å²) in [5, 5.41) is 8.40. The van der Waals surface area contributed by atoms with E-state index in [1.165, 1.54) is 0 Å². The van der Waals surface area contributed by atoms with Crippen molar-refractivity contribution in [2.24, 2.45) is 0 Å². The average molecular weight is 402 g/mol. The highest BCUT2D eigenvalue weighted by Crippen LogP contribution is 2.32. The van der Waals surface area contributed by atoms with Crippen molar-refractivity contribution in [2.75, 3.05) is 40.4 Å². The maximum absolute atomic E-state index is 12.5. The molecule has 0 unspecified atom stereocenters. The van der Waals surface area contributed by atoms with Gasteiger partial charge in [-0.15, -0.1) is 5.10 Å². The zero-order valence-corrected chi connectivity index (χ0v) is 17.8. The Kier molecular flexibility index (Phi) is 7.09. The molecule has 0 radical (unpaired) electrons. The summed E-state index contributed by atoms with van der Waals surface area (Å²) in [7, 11) is 3.32. The molecule has 1 atom stereocenters. The van der Waals surface area contributed by atoms with Gasteiger partial charge in [-0.2, -0.15) is 0 Å². The molecule has 1 aliphatic heterocycles. The summed E-state index contributed by atoms with van der Waals surface area (Å²) < 4.78 is 12.8. The first kappa shape index (κ1) is 21.1. The Hall–Kier alpha value is -2.61. The van der Waals surface area contributed by atoms with Crippen LogP contribution in [-0.2, 0) is 6.54 Å². The molecule has 1 saturated heterocycles. The number of nitrogens with zero attached hydrogens (tertiary/aromatic N) is 5. The lowest BCUT2D eigenvalue weighted by Crippen LogP contribution is -2.36. The number of carbonyl (C=O) groups is 1. The normalized spacial score (nSPS) is 17.2. The van der Waals surface area contributed by atoms with Crippen LogP contribution in [-0.4, -0.2) is 71.1 Å². The van der Waals surface area contributed by atoms with Crippen molar-refractivity contribution < 1.29 is 14.3 Å². The third-order valence-electron chi connectivity index (χ3n) is 5.51. The zero-order valence-electron chi connectivity index (χ0n) is 17.8. The Bertz CT molecular complexity index is 818. The van der Waals surface area contributed by atoms with E-state index in [2.05, 4.69) is 21.3 Å². The molecule has 1 amide bonds. The van der Waals surface area contributed by atoms with Gasteiger partial charge in [0.25, 0.3) is 5.91 Å². The Labute approximate surface area is 172 Å². The van der Waals surface area contributed by atoms with Crippen LogP contribution in [0.15, 0.2) is 24.4 Å². The van der Waals surface area contributed by atoms with Gasteiger partial charge in [0.15, 0.2) is 17.2 Å². The summed E-state index contributed by atoms with van der Waals surface area (Å²) in [6.07, 6.45) is 3.88. The number of amides is 1. The van der Waals surface area contributed by atoms with Gasteiger partial charge in [-0.3, -0.25) is 9.69 Å². The average Bonchev–Trinajstić information content (AvgIpc) is 3.25. The molecule has 1 fully saturated rings. The minimum atomic E-state index is -0.0602. The van der Waals surface area contributed by atoms with Crippen molar-refractivity contribution in [1.29, 1.82) is 0 Å². The first-order chi connectivity index (χ1) is 14.1. The second kappa shape index (κ2) is 9.73. The molecule has 0 spiro atoms. The molecule has 1 aromatic carbocycles. The lowest BCUT2D eigenvalue weighted by atomic mass is 10.0. The quantitative estimate of drug-likeness (QED) is 0.677. The molecule has 0 aliphatic carbocycles. The van der Waals surface area contributed by atoms with Gasteiger partial charge in [0.05, 0.1) is 26.5 Å². The third-order valence-corrected chi connectivity index (χ3v) is 5.51. The van der Waals surface area contributed by atoms with Gasteiger partial charge >= 0.3 is 0 Å². The maximum atomic E-state index is 12.5. The molecule has 0 saturated carbocycles. The predicted molar refractivity (Wildman–Crippen MR) is 110 cm³/mol. The topological polar surface area (TPSA) is 72.7 Å². The van der Waals surface area contributed by atoms with E-state index in [-0.39, 0.29) is 11.9 Å². The fourth-order valence-corrected chi connectivity index (χ4v) is 3.94. The molecular weight excluding hydrogens is 370 g/mol. The van der Waals surface area contributed by atoms with E-state index in [0.717, 1.165) is 49.5 Å². The van der Waals surface area contributed by atoms with Crippen molar-refractivity contribution >= 4 is 5.91 Å². The standard InChI is InChI=1S/C21H31N5O3/c1-5-25(6-2)21(27)18-15-26(23-22-18)17-10-8-12-24(14-17)13-16-9-7-11-19(28-3)20(16)29-4/h7,9,11,15,17H,5-6,8,10,12-14H2,1-4H3/t17-/m0/s1. The highest BCUT2D eigenvalue weighted by molar-refractivity contribution is 5.91. The lowest BCUT2D eigenvalue weighted by molar-refractivity contribution is 0.0767. The fourth-order valence-electron chi connectivity index (χ4n) is 3.94. The van der Waals surface area contributed by atoms with Gasteiger partial charge in [-0.1, -0.05) is 17.3 Å². The largest absolute Gasteiger partial charge is 0.493 e. The van der Waals surface area contributed by atoms with Crippen LogP contribution >= 0.6 is 0 Å². The summed E-state index contributed by atoms with van der Waals surface area (Å²) in [6.45, 7) is 7.91. The highest BCUT2D eigenvalue weighted by Gasteiger charge is 2.25. The minimum Gasteiger partial charge on any atom is -0.493 e. The molecule has 8 heteroatoms. The number of methoxy groups -OCH3 is 2. The molecule has 2 heterocycles. The van der Waals surface area contributed by atoms with Crippen LogP contribution in [0.3, 0.4) is 0 Å². The monoisotopic (exact) mass is 401 g/mol. The number of hydrogen-bond acceptors (Lipinski definition) is 6. The molecule has 1 aliphatic rings. The van der Waals surface area contributed by atoms with Gasteiger partial charge < -0.3 is 14.4 Å². The number of likely N-dealkylation sites (tertiary alicyclic amines) is 1. The fraction of sp³-hybridized carbons (Fsp3) is 0.571. The molecule has 158 valence electrons. The third kappa shape index (κ3) is 4.70. The van der Waals surface area contributed by atoms with E-state index >= 15 is 0 Å². The molecular formula is C21H31N5O3. The summed E-state index contributed by atoms with van der Waals surface area (Å²) in [4.78, 5) is 16.7. The van der Waals surface area contributed by atoms with Gasteiger partial charge in [-0.25, -0.2) is 4.68 Å². The van der Waals surface area contributed by atoms with E-state index < -0.39 is 0 Å². The highest BCUT2D eigenvalue weighted by atomic mass is 16.5. The molecule has 0 bridgehead atoms. The Balaban J connectivity index is 1.70. The van der Waals surface area contributed by atoms with Crippen LogP contribution in [0.25, 0.3) is 0 Å². The maximum Gasteiger partial charge on any atom is 0.276 e. The Morgan fingerprint density at radius 2 is 2.03 bits per heavy atom. The predicted octanol–water partition coefficient (Wildman–Crippen LogP) is 2.61. The van der Waals surface area contributed by atoms with Crippen LogP contribution in [0.4, 0.5) is 0 Å². The molecule has 1 aromatic heterocycles. The summed E-state index contributed by atoms with van der Waals surface area (Å²) in [5.74, 6) is 1.47. The van der Waals surface area contributed by atoms with E-state index in [9.17, 15) is 4.79 Å². The van der Waals surface area contributed by atoms with Crippen molar-refractivity contribution in [3.63, 3.8) is 0 Å². The van der Waals surface area contributed by atoms with E-state index in [0.29, 0.717) is 18.8 Å². The van der Waals surface area contributed by atoms with E-state index in [4.69, 9.17) is 9.47 Å². The molecule has 3 rings (SSSR count). The van der Waals surface area contributed by atoms with Crippen molar-refractivity contribution in [3.8, 4) is 11.5 Å². The minimum absolute atomic E-state index is 0.0602. The van der Waals surface area contributed by atoms with E-state index in [1.54, 1.807) is 25.3 Å². The van der Waals surface area contributed by atoms with Gasteiger partial charge in [0, 0.05) is 31.7 Å². The summed E-state index contributed by atoms with van der Waals surface area (Å²) in [5.41, 5.74) is 1.52. The smallest absolute Gasteiger partial charge is 0.276 e. The van der Waals surface area contributed by atoms with Crippen molar-refractivity contribution in [3.05, 3.63) is 35.7 Å². The summed E-state index contributed by atoms with van der Waals surface area (Å²) >= 11 is 0. The zero-order chi connectivity index (χ0) is 20.8. The molecule has 0 N–H and O–H groups in total. The molecule has 29 heavy (non-hydrogen) atoms. The van der Waals surface area contributed by atoms with Crippen LogP contribution in [0, 0.1) is 0 Å². The second-order valence-electron chi connectivity index (χ2n) is 7.25. The van der Waals surface area contributed by atoms with Crippen molar-refractivity contribution in [1.82, 2.24) is 24.8 Å². The number of para-hydroxylation sites is 1. The van der Waals surface area contributed by atoms with Crippen LogP contribution in [0.1, 0.15) is 48.8 Å². The van der Waals surface area contributed by atoms with Gasteiger partial charge in [0.2, 0.25) is 0 Å². The lowest BCUT2D eigenvalue weighted by Gasteiger charge is -2.32. The number of ether oxygens (including phenoxy) is 2. The van der Waals surface area contributed by atoms with E-state index in [1.807, 2.05) is 30.7 Å². The van der Waals surface area contributed by atoms with Gasteiger partial charge in [0.1, 0.15) is 0 Å². The number of aromatic nitrogens is 3. The number of piperidine rings is 1. The van der Waals surface area contributed by atoms with Crippen LogP contribution < -0.4 is 9.47 Å². The second-order valence-corrected chi connectivity index (χ2v) is 7.25. The first-order valence-corrected chi connectivity index (χ1v) is 10.2. The van der Waals surface area contributed by atoms with Crippen LogP contribution in [0.2, 0.25) is 0 Å². The van der Waals surface area contributed by atoms with Crippen molar-refractivity contribution in [2.45, 2.75) is 39.3 Å². The number of benzene rings is 1. The Morgan fingerprint density at radius 1 is 1.24 bits per heavy atom. The van der Waals surface area contributed by atoms with Crippen LogP contribution in [0.5, 0.6) is 11.5 Å². The SMILES string of the molecule is CCN(CC)C(=O)c1cn([C@H]2CCCN(Cc3cccc(OC)c3OC)C2)nn1. The number of carbonyl (C=O) groups excluding carboxylic acids is 1. The summed E-state index contributed by atoms with van der Waals surface area (Å²) in [6, 6.07) is 6.17. The number of rotatable bonds is 8. The van der Waals surface area contributed by atoms with Gasteiger partial charge in [-0.05, 0) is 39.3 Å². The number of hydrogen-bond donors (Lipinski definition) is 0. The molecule has 8 nitrogen and oxygen atoms in total. The molecule has 2 aromatic rings. The first-order valence-electron chi connectivity index (χ1n) is 10.2.